The molecule has 0 radical (unpaired) electrons. The highest BCUT2D eigenvalue weighted by Gasteiger charge is 2.29. The van der Waals surface area contributed by atoms with Crippen molar-refractivity contribution in [2.45, 2.75) is 53.0 Å². The third kappa shape index (κ3) is 6.40. The molecule has 0 aliphatic carbocycles. The lowest BCUT2D eigenvalue weighted by Gasteiger charge is -2.29. The molecule has 3 rings (SSSR count). The van der Waals surface area contributed by atoms with E-state index in [1.807, 2.05) is 44.2 Å². The third-order valence-corrected chi connectivity index (χ3v) is 7.20. The summed E-state index contributed by atoms with van der Waals surface area (Å²) in [6, 6.07) is 18.6. The highest BCUT2D eigenvalue weighted by atomic mass is 32.2. The normalized spacial score (nSPS) is 12.6. The van der Waals surface area contributed by atoms with Gasteiger partial charge in [0.2, 0.25) is 15.9 Å². The summed E-state index contributed by atoms with van der Waals surface area (Å²) in [4.78, 5) is 26.2. The van der Waals surface area contributed by atoms with Gasteiger partial charge in [0, 0.05) is 16.8 Å². The number of rotatable bonds is 7. The lowest BCUT2D eigenvalue weighted by atomic mass is 9.86. The Morgan fingerprint density at radius 3 is 1.97 bits per heavy atom. The Labute approximate surface area is 214 Å². The van der Waals surface area contributed by atoms with Crippen LogP contribution >= 0.6 is 0 Å². The molecular weight excluding hydrogens is 472 g/mol. The fourth-order valence-electron chi connectivity index (χ4n) is 4.16. The Morgan fingerprint density at radius 2 is 1.44 bits per heavy atom. The van der Waals surface area contributed by atoms with Crippen molar-refractivity contribution in [2.75, 3.05) is 15.9 Å². The van der Waals surface area contributed by atoms with E-state index in [9.17, 15) is 18.0 Å². The van der Waals surface area contributed by atoms with Gasteiger partial charge in [0.1, 0.15) is 6.04 Å². The molecule has 3 aromatic rings. The van der Waals surface area contributed by atoms with Crippen molar-refractivity contribution < 1.29 is 18.0 Å². The maximum absolute atomic E-state index is 13.1. The number of hydrogen-bond donors (Lipinski definition) is 1. The number of hydrogen-bond acceptors (Lipinski definition) is 4. The van der Waals surface area contributed by atoms with Gasteiger partial charge in [-0.2, -0.15) is 0 Å². The first-order valence-corrected chi connectivity index (χ1v) is 13.7. The van der Waals surface area contributed by atoms with Crippen LogP contribution in [-0.2, 0) is 20.2 Å². The second-order valence-electron chi connectivity index (χ2n) is 10.3. The zero-order valence-electron chi connectivity index (χ0n) is 21.9. The molecule has 36 heavy (non-hydrogen) atoms. The molecule has 1 atom stereocenters. The molecule has 0 bridgehead atoms. The fraction of sp³-hybridized carbons (Fsp3) is 0.310. The Balaban J connectivity index is 1.83. The first kappa shape index (κ1) is 27.1. The number of carbonyl (C=O) groups excluding carboxylic acids is 2. The second kappa shape index (κ2) is 10.3. The highest BCUT2D eigenvalue weighted by Crippen LogP contribution is 2.26. The van der Waals surface area contributed by atoms with Gasteiger partial charge < -0.3 is 5.32 Å². The summed E-state index contributed by atoms with van der Waals surface area (Å²) in [6.45, 7) is 11.6. The molecule has 0 fully saturated rings. The lowest BCUT2D eigenvalue weighted by Crippen LogP contribution is -2.45. The molecular formula is C29H34N2O4S. The van der Waals surface area contributed by atoms with Gasteiger partial charge in [-0.1, -0.05) is 63.2 Å². The molecule has 1 N–H and O–H groups in total. The predicted molar refractivity (Wildman–Crippen MR) is 146 cm³/mol. The van der Waals surface area contributed by atoms with E-state index >= 15 is 0 Å². The van der Waals surface area contributed by atoms with Gasteiger partial charge in [-0.25, -0.2) is 8.42 Å². The Morgan fingerprint density at radius 1 is 0.861 bits per heavy atom. The van der Waals surface area contributed by atoms with E-state index in [-0.39, 0.29) is 11.2 Å². The number of nitrogens with one attached hydrogen (secondary N) is 1. The van der Waals surface area contributed by atoms with Gasteiger partial charge in [-0.3, -0.25) is 13.9 Å². The van der Waals surface area contributed by atoms with Crippen molar-refractivity contribution in [3.05, 3.63) is 94.5 Å². The maximum Gasteiger partial charge on any atom is 0.247 e. The number of aryl methyl sites for hydroxylation is 2. The zero-order valence-corrected chi connectivity index (χ0v) is 22.7. The minimum Gasteiger partial charge on any atom is -0.324 e. The standard InChI is InChI=1S/C29H34N2O4S/c1-19-15-20(2)17-26(16-19)31(36(7,34)35)21(3)28(33)30-25-10-8-9-23(18-25)27(32)22-11-13-24(14-12-22)29(4,5)6/h8-18,21H,1-7H3,(H,30,33)/t21-/m1/s1. The average molecular weight is 507 g/mol. The van der Waals surface area contributed by atoms with Crippen LogP contribution in [0, 0.1) is 13.8 Å². The molecule has 1 amide bonds. The van der Waals surface area contributed by atoms with Gasteiger partial charge in [0.25, 0.3) is 0 Å². The summed E-state index contributed by atoms with van der Waals surface area (Å²) in [5, 5.41) is 2.77. The zero-order chi connectivity index (χ0) is 26.8. The Kier molecular flexibility index (Phi) is 7.74. The molecule has 190 valence electrons. The van der Waals surface area contributed by atoms with Crippen LogP contribution in [0.5, 0.6) is 0 Å². The van der Waals surface area contributed by atoms with E-state index in [2.05, 4.69) is 26.1 Å². The van der Waals surface area contributed by atoms with E-state index < -0.39 is 22.0 Å². The maximum atomic E-state index is 13.1. The largest absolute Gasteiger partial charge is 0.324 e. The average Bonchev–Trinajstić information content (AvgIpc) is 2.76. The molecule has 7 heteroatoms. The number of ketones is 1. The van der Waals surface area contributed by atoms with Crippen molar-refractivity contribution in [1.29, 1.82) is 0 Å². The second-order valence-corrected chi connectivity index (χ2v) is 12.2. The van der Waals surface area contributed by atoms with Crippen LogP contribution in [0.1, 0.15) is 60.3 Å². The molecule has 0 unspecified atom stereocenters. The Bertz CT molecular complexity index is 1370. The van der Waals surface area contributed by atoms with Crippen molar-refractivity contribution in [1.82, 2.24) is 0 Å². The van der Waals surface area contributed by atoms with Crippen molar-refractivity contribution in [3.63, 3.8) is 0 Å². The smallest absolute Gasteiger partial charge is 0.247 e. The molecule has 3 aromatic carbocycles. The summed E-state index contributed by atoms with van der Waals surface area (Å²) in [5.74, 6) is -0.661. The first-order chi connectivity index (χ1) is 16.7. The van der Waals surface area contributed by atoms with E-state index in [1.54, 1.807) is 43.3 Å². The number of nitrogens with zero attached hydrogens (tertiary/aromatic N) is 1. The topological polar surface area (TPSA) is 83.6 Å². The van der Waals surface area contributed by atoms with E-state index in [4.69, 9.17) is 0 Å². The predicted octanol–water partition coefficient (Wildman–Crippen LogP) is 5.63. The van der Waals surface area contributed by atoms with Crippen molar-refractivity contribution >= 4 is 33.1 Å². The van der Waals surface area contributed by atoms with Gasteiger partial charge in [-0.15, -0.1) is 0 Å². The van der Waals surface area contributed by atoms with Crippen LogP contribution in [0.15, 0.2) is 66.7 Å². The number of carbonyl (C=O) groups is 2. The minimum absolute atomic E-state index is 0.0144. The lowest BCUT2D eigenvalue weighted by molar-refractivity contribution is -0.116. The summed E-state index contributed by atoms with van der Waals surface area (Å²) in [7, 11) is -3.74. The van der Waals surface area contributed by atoms with E-state index in [0.717, 1.165) is 27.3 Å². The quantitative estimate of drug-likeness (QED) is 0.421. The molecule has 0 aliphatic heterocycles. The SMILES string of the molecule is Cc1cc(C)cc(N([C@H](C)C(=O)Nc2cccc(C(=O)c3ccc(C(C)(C)C)cc3)c2)S(C)(=O)=O)c1. The molecule has 0 heterocycles. The van der Waals surface area contributed by atoms with Crippen LogP contribution in [0.25, 0.3) is 0 Å². The summed E-state index contributed by atoms with van der Waals surface area (Å²) >= 11 is 0. The summed E-state index contributed by atoms with van der Waals surface area (Å²) in [6.07, 6.45) is 1.08. The van der Waals surface area contributed by atoms with Gasteiger partial charge in [0.05, 0.1) is 11.9 Å². The first-order valence-electron chi connectivity index (χ1n) is 11.8. The van der Waals surface area contributed by atoms with Crippen LogP contribution in [0.2, 0.25) is 0 Å². The molecule has 0 saturated heterocycles. The van der Waals surface area contributed by atoms with Crippen LogP contribution < -0.4 is 9.62 Å². The van der Waals surface area contributed by atoms with Crippen molar-refractivity contribution in [2.24, 2.45) is 0 Å². The van der Waals surface area contributed by atoms with Crippen LogP contribution in [0.3, 0.4) is 0 Å². The van der Waals surface area contributed by atoms with Crippen LogP contribution in [-0.4, -0.2) is 32.4 Å². The van der Waals surface area contributed by atoms with E-state index in [1.165, 1.54) is 0 Å². The number of amides is 1. The van der Waals surface area contributed by atoms with Crippen LogP contribution in [0.4, 0.5) is 11.4 Å². The van der Waals surface area contributed by atoms with Gasteiger partial charge >= 0.3 is 0 Å². The highest BCUT2D eigenvalue weighted by molar-refractivity contribution is 7.92. The summed E-state index contributed by atoms with van der Waals surface area (Å²) in [5.41, 5.74) is 4.74. The van der Waals surface area contributed by atoms with E-state index in [0.29, 0.717) is 22.5 Å². The van der Waals surface area contributed by atoms with Gasteiger partial charge in [0.15, 0.2) is 5.78 Å². The number of sulfonamides is 1. The number of benzene rings is 3. The fourth-order valence-corrected chi connectivity index (χ4v) is 5.32. The molecule has 0 spiro atoms. The molecule has 6 nitrogen and oxygen atoms in total. The summed E-state index contributed by atoms with van der Waals surface area (Å²) < 4.78 is 26.4. The molecule has 0 aromatic heterocycles. The van der Waals surface area contributed by atoms with Crippen molar-refractivity contribution in [3.8, 4) is 0 Å². The number of anilines is 2. The Hall–Kier alpha value is -3.45. The minimum atomic E-state index is -3.74. The third-order valence-electron chi connectivity index (χ3n) is 5.95. The monoisotopic (exact) mass is 506 g/mol. The molecule has 0 aliphatic rings. The molecule has 0 saturated carbocycles. The van der Waals surface area contributed by atoms with Gasteiger partial charge in [-0.05, 0) is 67.1 Å².